The van der Waals surface area contributed by atoms with Crippen molar-refractivity contribution in [2.24, 2.45) is 0 Å². The molecule has 0 radical (unpaired) electrons. The van der Waals surface area contributed by atoms with Gasteiger partial charge in [-0.25, -0.2) is 0 Å². The lowest BCUT2D eigenvalue weighted by Crippen LogP contribution is -2.35. The van der Waals surface area contributed by atoms with Crippen LogP contribution in [0.5, 0.6) is 0 Å². The highest BCUT2D eigenvalue weighted by molar-refractivity contribution is 7.80. The van der Waals surface area contributed by atoms with E-state index in [0.717, 1.165) is 4.90 Å². The monoisotopic (exact) mass is 239 g/mol. The van der Waals surface area contributed by atoms with Crippen molar-refractivity contribution in [1.82, 2.24) is 5.32 Å². The number of carbonyl (C=O) groups excluding carboxylic acids is 1. The maximum atomic E-state index is 11.8. The summed E-state index contributed by atoms with van der Waals surface area (Å²) >= 11 is 4.19. The molecule has 0 aliphatic rings. The standard InChI is InChI=1S/C12H17NO2S/c1-3-15-8-9(2)13-12(14)10-5-4-6-11(16)7-10/h4-7,9,16H,3,8H2,1-2H3,(H,13,14). The minimum atomic E-state index is -0.0943. The van der Waals surface area contributed by atoms with Gasteiger partial charge in [0.25, 0.3) is 5.91 Å². The lowest BCUT2D eigenvalue weighted by atomic mass is 10.2. The summed E-state index contributed by atoms with van der Waals surface area (Å²) in [5.41, 5.74) is 0.621. The quantitative estimate of drug-likeness (QED) is 0.773. The van der Waals surface area contributed by atoms with Crippen molar-refractivity contribution in [2.75, 3.05) is 13.2 Å². The molecule has 4 heteroatoms. The Labute approximate surface area is 102 Å². The highest BCUT2D eigenvalue weighted by Crippen LogP contribution is 2.08. The molecule has 3 nitrogen and oxygen atoms in total. The van der Waals surface area contributed by atoms with E-state index < -0.39 is 0 Å². The number of carbonyl (C=O) groups is 1. The SMILES string of the molecule is CCOCC(C)NC(=O)c1cccc(S)c1. The summed E-state index contributed by atoms with van der Waals surface area (Å²) < 4.78 is 5.23. The highest BCUT2D eigenvalue weighted by Gasteiger charge is 2.09. The van der Waals surface area contributed by atoms with E-state index in [1.165, 1.54) is 0 Å². The maximum absolute atomic E-state index is 11.8. The molecule has 0 spiro atoms. The molecule has 0 fully saturated rings. The van der Waals surface area contributed by atoms with Gasteiger partial charge in [-0.1, -0.05) is 6.07 Å². The molecule has 1 aromatic rings. The predicted molar refractivity (Wildman–Crippen MR) is 67.1 cm³/mol. The van der Waals surface area contributed by atoms with Crippen molar-refractivity contribution in [1.29, 1.82) is 0 Å². The van der Waals surface area contributed by atoms with Crippen molar-refractivity contribution in [3.05, 3.63) is 29.8 Å². The van der Waals surface area contributed by atoms with Gasteiger partial charge >= 0.3 is 0 Å². The van der Waals surface area contributed by atoms with E-state index in [2.05, 4.69) is 17.9 Å². The second-order valence-corrected chi connectivity index (χ2v) is 4.10. The number of thiol groups is 1. The molecule has 88 valence electrons. The normalized spacial score (nSPS) is 12.2. The molecule has 0 aliphatic carbocycles. The van der Waals surface area contributed by atoms with Gasteiger partial charge in [-0.15, -0.1) is 12.6 Å². The van der Waals surface area contributed by atoms with Crippen molar-refractivity contribution in [2.45, 2.75) is 24.8 Å². The van der Waals surface area contributed by atoms with Crippen LogP contribution in [0.3, 0.4) is 0 Å². The fourth-order valence-electron chi connectivity index (χ4n) is 1.29. The van der Waals surface area contributed by atoms with E-state index in [4.69, 9.17) is 4.74 Å². The predicted octanol–water partition coefficient (Wildman–Crippen LogP) is 2.13. The summed E-state index contributed by atoms with van der Waals surface area (Å²) in [5, 5.41) is 2.86. The molecule has 0 saturated carbocycles. The van der Waals surface area contributed by atoms with Crippen LogP contribution in [0, 0.1) is 0 Å². The van der Waals surface area contributed by atoms with Gasteiger partial charge < -0.3 is 10.1 Å². The zero-order valence-electron chi connectivity index (χ0n) is 9.56. The van der Waals surface area contributed by atoms with Crippen LogP contribution in [-0.4, -0.2) is 25.2 Å². The molecule has 1 aromatic carbocycles. The lowest BCUT2D eigenvalue weighted by molar-refractivity contribution is 0.0872. The lowest BCUT2D eigenvalue weighted by Gasteiger charge is -2.13. The maximum Gasteiger partial charge on any atom is 0.251 e. The van der Waals surface area contributed by atoms with E-state index in [9.17, 15) is 4.79 Å². The first-order chi connectivity index (χ1) is 7.63. The number of ether oxygens (including phenoxy) is 1. The molecular weight excluding hydrogens is 222 g/mol. The third kappa shape index (κ3) is 4.24. The zero-order chi connectivity index (χ0) is 12.0. The molecule has 0 aromatic heterocycles. The van der Waals surface area contributed by atoms with Crippen LogP contribution in [0.1, 0.15) is 24.2 Å². The summed E-state index contributed by atoms with van der Waals surface area (Å²) in [5.74, 6) is -0.0943. The van der Waals surface area contributed by atoms with Gasteiger partial charge in [-0.3, -0.25) is 4.79 Å². The van der Waals surface area contributed by atoms with Crippen molar-refractivity contribution in [3.63, 3.8) is 0 Å². The fraction of sp³-hybridized carbons (Fsp3) is 0.417. The Bertz CT molecular complexity index is 355. The van der Waals surface area contributed by atoms with Gasteiger partial charge in [0.2, 0.25) is 0 Å². The third-order valence-corrected chi connectivity index (χ3v) is 2.34. The Hall–Kier alpha value is -1.00. The third-order valence-electron chi connectivity index (χ3n) is 2.06. The Morgan fingerprint density at radius 2 is 2.31 bits per heavy atom. The summed E-state index contributed by atoms with van der Waals surface area (Å²) in [4.78, 5) is 12.6. The van der Waals surface area contributed by atoms with E-state index in [-0.39, 0.29) is 11.9 Å². The summed E-state index contributed by atoms with van der Waals surface area (Å²) in [6.07, 6.45) is 0. The molecular formula is C12H17NO2S. The van der Waals surface area contributed by atoms with Crippen molar-refractivity contribution < 1.29 is 9.53 Å². The molecule has 0 bridgehead atoms. The first-order valence-corrected chi connectivity index (χ1v) is 5.76. The van der Waals surface area contributed by atoms with Crippen LogP contribution in [0.15, 0.2) is 29.2 Å². The van der Waals surface area contributed by atoms with Gasteiger partial charge in [-0.05, 0) is 32.0 Å². The van der Waals surface area contributed by atoms with Gasteiger partial charge in [0.05, 0.1) is 6.61 Å². The minimum Gasteiger partial charge on any atom is -0.380 e. The number of amides is 1. The fourth-order valence-corrected chi connectivity index (χ4v) is 1.52. The summed E-state index contributed by atoms with van der Waals surface area (Å²) in [7, 11) is 0. The molecule has 0 aliphatic heterocycles. The highest BCUT2D eigenvalue weighted by atomic mass is 32.1. The molecule has 0 heterocycles. The number of rotatable bonds is 5. The van der Waals surface area contributed by atoms with Crippen LogP contribution in [-0.2, 0) is 4.74 Å². The van der Waals surface area contributed by atoms with Gasteiger partial charge in [-0.2, -0.15) is 0 Å². The number of hydrogen-bond acceptors (Lipinski definition) is 3. The molecule has 1 amide bonds. The Kier molecular flexibility index (Phi) is 5.35. The van der Waals surface area contributed by atoms with Gasteiger partial charge in [0, 0.05) is 23.1 Å². The molecule has 1 unspecified atom stereocenters. The second kappa shape index (κ2) is 6.55. The van der Waals surface area contributed by atoms with E-state index >= 15 is 0 Å². The molecule has 1 rings (SSSR count). The average Bonchev–Trinajstić information content (AvgIpc) is 2.26. The van der Waals surface area contributed by atoms with E-state index in [1.54, 1.807) is 12.1 Å². The Morgan fingerprint density at radius 1 is 1.56 bits per heavy atom. The van der Waals surface area contributed by atoms with E-state index in [1.807, 2.05) is 26.0 Å². The van der Waals surface area contributed by atoms with Crippen LogP contribution < -0.4 is 5.32 Å². The van der Waals surface area contributed by atoms with Gasteiger partial charge in [0.15, 0.2) is 0 Å². The number of benzene rings is 1. The number of hydrogen-bond donors (Lipinski definition) is 2. The molecule has 1 atom stereocenters. The molecule has 1 N–H and O–H groups in total. The Balaban J connectivity index is 2.52. The summed E-state index contributed by atoms with van der Waals surface area (Å²) in [6.45, 7) is 5.03. The van der Waals surface area contributed by atoms with Gasteiger partial charge in [0.1, 0.15) is 0 Å². The van der Waals surface area contributed by atoms with E-state index in [0.29, 0.717) is 18.8 Å². The van der Waals surface area contributed by atoms with Crippen LogP contribution in [0.25, 0.3) is 0 Å². The largest absolute Gasteiger partial charge is 0.380 e. The van der Waals surface area contributed by atoms with Crippen LogP contribution >= 0.6 is 12.6 Å². The second-order valence-electron chi connectivity index (χ2n) is 3.58. The smallest absolute Gasteiger partial charge is 0.251 e. The van der Waals surface area contributed by atoms with Crippen LogP contribution in [0.4, 0.5) is 0 Å². The van der Waals surface area contributed by atoms with Crippen molar-refractivity contribution >= 4 is 18.5 Å². The van der Waals surface area contributed by atoms with Crippen LogP contribution in [0.2, 0.25) is 0 Å². The molecule has 16 heavy (non-hydrogen) atoms. The first-order valence-electron chi connectivity index (χ1n) is 5.31. The minimum absolute atomic E-state index is 0.0102. The topological polar surface area (TPSA) is 38.3 Å². The average molecular weight is 239 g/mol. The zero-order valence-corrected chi connectivity index (χ0v) is 10.5. The Morgan fingerprint density at radius 3 is 2.94 bits per heavy atom. The molecule has 0 saturated heterocycles. The number of nitrogens with one attached hydrogen (secondary N) is 1. The summed E-state index contributed by atoms with van der Waals surface area (Å²) in [6, 6.07) is 7.17. The first kappa shape index (κ1) is 13.1. The van der Waals surface area contributed by atoms with Crippen molar-refractivity contribution in [3.8, 4) is 0 Å².